The van der Waals surface area contributed by atoms with Gasteiger partial charge in [-0.3, -0.25) is 0 Å². The van der Waals surface area contributed by atoms with Crippen LogP contribution in [0.5, 0.6) is 0 Å². The monoisotopic (exact) mass is 666 g/mol. The standard InChI is InChI=1S/C47H26N2O3/c1-2-10-26(11-3-1)46-36-24-37(27-20-21-40-34(22-27)28-12-4-6-16-38(28)50-40)48-47(49-46)31-15-9-19-42-45(31)44-30(14-8-18-41(44)52-42)33-25-43-35(23-32(33)36)29-13-5-7-17-39(29)51-43/h1-25,36H. The first-order chi connectivity index (χ1) is 25.7. The van der Waals surface area contributed by atoms with E-state index in [2.05, 4.69) is 109 Å². The van der Waals surface area contributed by atoms with Gasteiger partial charge in [-0.1, -0.05) is 91.0 Å². The summed E-state index contributed by atoms with van der Waals surface area (Å²) in [6.45, 7) is 0. The first-order valence-corrected chi connectivity index (χ1v) is 17.5. The number of aliphatic imine (C=N–C) groups is 2. The van der Waals surface area contributed by atoms with Crippen LogP contribution in [0.2, 0.25) is 0 Å². The van der Waals surface area contributed by atoms with Gasteiger partial charge < -0.3 is 13.3 Å². The second-order valence-corrected chi connectivity index (χ2v) is 13.6. The number of para-hydroxylation sites is 2. The predicted molar refractivity (Wildman–Crippen MR) is 210 cm³/mol. The van der Waals surface area contributed by atoms with Crippen molar-refractivity contribution in [2.24, 2.45) is 9.98 Å². The molecule has 2 bridgehead atoms. The van der Waals surface area contributed by atoms with Gasteiger partial charge in [0.25, 0.3) is 0 Å². The van der Waals surface area contributed by atoms with E-state index in [9.17, 15) is 0 Å². The van der Waals surface area contributed by atoms with E-state index in [4.69, 9.17) is 23.2 Å². The van der Waals surface area contributed by atoms with Gasteiger partial charge in [-0.2, -0.15) is 0 Å². The zero-order valence-electron chi connectivity index (χ0n) is 27.6. The highest BCUT2D eigenvalue weighted by atomic mass is 16.3. The molecule has 2 aliphatic rings. The van der Waals surface area contributed by atoms with E-state index in [-0.39, 0.29) is 5.92 Å². The summed E-state index contributed by atoms with van der Waals surface area (Å²) in [4.78, 5) is 11.1. The molecule has 242 valence electrons. The minimum Gasteiger partial charge on any atom is -0.456 e. The first-order valence-electron chi connectivity index (χ1n) is 17.5. The summed E-state index contributed by atoms with van der Waals surface area (Å²) >= 11 is 0. The fraction of sp³-hybridized carbons (Fsp3) is 0.0213. The Bertz CT molecular complexity index is 3240. The van der Waals surface area contributed by atoms with Crippen molar-refractivity contribution in [2.45, 2.75) is 5.92 Å². The van der Waals surface area contributed by atoms with Gasteiger partial charge >= 0.3 is 0 Å². The van der Waals surface area contributed by atoms with Crippen LogP contribution in [-0.4, -0.2) is 11.5 Å². The number of fused-ring (bicyclic) bond motifs is 12. The molecule has 10 aromatic rings. The van der Waals surface area contributed by atoms with Crippen LogP contribution in [-0.2, 0) is 0 Å². The Kier molecular flexibility index (Phi) is 5.50. The second-order valence-electron chi connectivity index (χ2n) is 13.6. The summed E-state index contributed by atoms with van der Waals surface area (Å²) in [5.41, 5.74) is 13.0. The summed E-state index contributed by atoms with van der Waals surface area (Å²) < 4.78 is 19.4. The summed E-state index contributed by atoms with van der Waals surface area (Å²) in [6, 6.07) is 50.4. The van der Waals surface area contributed by atoms with Gasteiger partial charge in [-0.15, -0.1) is 0 Å². The molecule has 2 aliphatic heterocycles. The Morgan fingerprint density at radius 3 is 1.81 bits per heavy atom. The van der Waals surface area contributed by atoms with Crippen molar-refractivity contribution < 1.29 is 13.3 Å². The molecule has 12 rings (SSSR count). The molecule has 5 nitrogen and oxygen atoms in total. The van der Waals surface area contributed by atoms with Gasteiger partial charge in [-0.05, 0) is 82.9 Å². The molecule has 5 heterocycles. The molecule has 0 N–H and O–H groups in total. The van der Waals surface area contributed by atoms with E-state index in [0.29, 0.717) is 5.84 Å². The highest BCUT2D eigenvalue weighted by Gasteiger charge is 2.31. The Morgan fingerprint density at radius 1 is 0.404 bits per heavy atom. The van der Waals surface area contributed by atoms with Crippen LogP contribution in [0.25, 0.3) is 82.6 Å². The molecule has 1 atom stereocenters. The smallest absolute Gasteiger partial charge is 0.160 e. The van der Waals surface area contributed by atoms with Crippen LogP contribution in [0.3, 0.4) is 0 Å². The highest BCUT2D eigenvalue weighted by molar-refractivity contribution is 6.27. The molecule has 7 aromatic carbocycles. The topological polar surface area (TPSA) is 64.1 Å². The maximum atomic E-state index is 6.59. The molecular weight excluding hydrogens is 641 g/mol. The molecule has 0 spiro atoms. The molecule has 1 unspecified atom stereocenters. The fourth-order valence-electron chi connectivity index (χ4n) is 8.41. The SMILES string of the molecule is C1=C(c2ccc3oc4ccccc4c3c2)N=C2N=C(c3ccccc3)C1c1cc3c(cc1-c1cccc4oc5cccc2c5c14)oc1ccccc13. The second kappa shape index (κ2) is 10.3. The Hall–Kier alpha value is -6.98. The van der Waals surface area contributed by atoms with E-state index in [1.165, 1.54) is 0 Å². The van der Waals surface area contributed by atoms with Gasteiger partial charge in [0.05, 0.1) is 11.4 Å². The van der Waals surface area contributed by atoms with Gasteiger partial charge in [0.1, 0.15) is 33.5 Å². The average Bonchev–Trinajstić information content (AvgIpc) is 3.83. The number of hydrogen-bond donors (Lipinski definition) is 0. The summed E-state index contributed by atoms with van der Waals surface area (Å²) in [7, 11) is 0. The number of allylic oxidation sites excluding steroid dienone is 1. The number of benzene rings is 7. The number of amidine groups is 1. The van der Waals surface area contributed by atoms with Gasteiger partial charge in [0.15, 0.2) is 5.84 Å². The number of hydrogen-bond acceptors (Lipinski definition) is 5. The van der Waals surface area contributed by atoms with E-state index in [0.717, 1.165) is 111 Å². The lowest BCUT2D eigenvalue weighted by Crippen LogP contribution is -2.16. The summed E-state index contributed by atoms with van der Waals surface area (Å²) in [5, 5.41) is 6.32. The normalized spacial score (nSPS) is 15.5. The van der Waals surface area contributed by atoms with Crippen LogP contribution in [0.4, 0.5) is 0 Å². The molecule has 3 aromatic heterocycles. The lowest BCUT2D eigenvalue weighted by molar-refractivity contribution is 0.668. The largest absolute Gasteiger partial charge is 0.456 e. The summed E-state index contributed by atoms with van der Waals surface area (Å²) in [6.07, 6.45) is 2.30. The maximum absolute atomic E-state index is 6.59. The zero-order chi connectivity index (χ0) is 33.9. The molecule has 0 saturated heterocycles. The maximum Gasteiger partial charge on any atom is 0.160 e. The van der Waals surface area contributed by atoms with Gasteiger partial charge in [0.2, 0.25) is 0 Å². The van der Waals surface area contributed by atoms with Crippen LogP contribution in [0, 0.1) is 0 Å². The van der Waals surface area contributed by atoms with Crippen molar-refractivity contribution in [3.8, 4) is 11.1 Å². The van der Waals surface area contributed by atoms with Crippen LogP contribution >= 0.6 is 0 Å². The predicted octanol–water partition coefficient (Wildman–Crippen LogP) is 12.4. The molecule has 52 heavy (non-hydrogen) atoms. The number of rotatable bonds is 2. The first kappa shape index (κ1) is 27.8. The number of nitrogens with zero attached hydrogens (tertiary/aromatic N) is 2. The average molecular weight is 667 g/mol. The molecule has 0 aliphatic carbocycles. The Morgan fingerprint density at radius 2 is 1.02 bits per heavy atom. The van der Waals surface area contributed by atoms with Gasteiger partial charge in [0, 0.05) is 49.4 Å². The zero-order valence-corrected chi connectivity index (χ0v) is 27.6. The van der Waals surface area contributed by atoms with Crippen LogP contribution in [0.15, 0.2) is 175 Å². The van der Waals surface area contributed by atoms with Crippen LogP contribution in [0.1, 0.15) is 28.2 Å². The molecule has 0 saturated carbocycles. The van der Waals surface area contributed by atoms with Crippen molar-refractivity contribution in [3.05, 3.63) is 174 Å². The van der Waals surface area contributed by atoms with Gasteiger partial charge in [-0.25, -0.2) is 9.98 Å². The molecular formula is C47H26N2O3. The molecule has 0 amide bonds. The van der Waals surface area contributed by atoms with Crippen molar-refractivity contribution in [1.29, 1.82) is 0 Å². The van der Waals surface area contributed by atoms with Crippen molar-refractivity contribution in [3.63, 3.8) is 0 Å². The van der Waals surface area contributed by atoms with E-state index in [1.807, 2.05) is 42.5 Å². The molecule has 5 heteroatoms. The van der Waals surface area contributed by atoms with E-state index in [1.54, 1.807) is 0 Å². The van der Waals surface area contributed by atoms with Crippen molar-refractivity contribution in [1.82, 2.24) is 0 Å². The van der Waals surface area contributed by atoms with E-state index < -0.39 is 0 Å². The lowest BCUT2D eigenvalue weighted by atomic mass is 9.82. The summed E-state index contributed by atoms with van der Waals surface area (Å²) in [5.74, 6) is 0.373. The third kappa shape index (κ3) is 3.87. The van der Waals surface area contributed by atoms with Crippen molar-refractivity contribution in [2.75, 3.05) is 0 Å². The third-order valence-electron chi connectivity index (χ3n) is 10.8. The Labute approximate surface area is 296 Å². The van der Waals surface area contributed by atoms with Crippen LogP contribution < -0.4 is 0 Å². The fourth-order valence-corrected chi connectivity index (χ4v) is 8.41. The number of furan rings is 3. The quantitative estimate of drug-likeness (QED) is 0.184. The molecule has 0 radical (unpaired) electrons. The minimum absolute atomic E-state index is 0.272. The minimum atomic E-state index is -0.272. The highest BCUT2D eigenvalue weighted by Crippen LogP contribution is 2.47. The Balaban J connectivity index is 1.26. The van der Waals surface area contributed by atoms with E-state index >= 15 is 0 Å². The van der Waals surface area contributed by atoms with Crippen molar-refractivity contribution >= 4 is 83.1 Å². The molecule has 0 fully saturated rings. The lowest BCUT2D eigenvalue weighted by Gasteiger charge is -2.22. The third-order valence-corrected chi connectivity index (χ3v) is 10.8.